The van der Waals surface area contributed by atoms with Crippen molar-refractivity contribution in [1.82, 2.24) is 5.32 Å². The Bertz CT molecular complexity index is 324. The lowest BCUT2D eigenvalue weighted by Crippen LogP contribution is -2.34. The molecule has 0 saturated heterocycles. The molecule has 1 aliphatic rings. The number of para-hydroxylation sites is 1. The molecule has 1 heterocycles. The summed E-state index contributed by atoms with van der Waals surface area (Å²) >= 11 is 0. The molecule has 0 amide bonds. The molecule has 0 fully saturated rings. The number of likely N-dealkylation sites (N-methyl/N-ethyl adjacent to an activating group) is 1. The average Bonchev–Trinajstić information content (AvgIpc) is 2.28. The van der Waals surface area contributed by atoms with Crippen LogP contribution in [0, 0.1) is 0 Å². The van der Waals surface area contributed by atoms with E-state index in [9.17, 15) is 0 Å². The van der Waals surface area contributed by atoms with Gasteiger partial charge in [0.05, 0.1) is 6.61 Å². The predicted octanol–water partition coefficient (Wildman–Crippen LogP) is 2.55. The van der Waals surface area contributed by atoms with Gasteiger partial charge in [0.25, 0.3) is 0 Å². The first kappa shape index (κ1) is 10.5. The van der Waals surface area contributed by atoms with Crippen LogP contribution in [0.25, 0.3) is 0 Å². The number of hydrogen-bond acceptors (Lipinski definition) is 2. The van der Waals surface area contributed by atoms with Crippen molar-refractivity contribution in [2.45, 2.75) is 32.2 Å². The smallest absolute Gasteiger partial charge is 0.122 e. The molecule has 2 heteroatoms. The molecule has 2 unspecified atom stereocenters. The van der Waals surface area contributed by atoms with E-state index in [2.05, 4.69) is 37.4 Å². The molecule has 0 bridgehead atoms. The minimum atomic E-state index is 0.528. The summed E-state index contributed by atoms with van der Waals surface area (Å²) in [5.74, 6) is 1.66. The summed E-state index contributed by atoms with van der Waals surface area (Å²) in [6.07, 6.45) is 1.12. The fourth-order valence-electron chi connectivity index (χ4n) is 2.35. The first-order valence-corrected chi connectivity index (χ1v) is 5.78. The van der Waals surface area contributed by atoms with Crippen LogP contribution < -0.4 is 10.1 Å². The Morgan fingerprint density at radius 2 is 2.27 bits per heavy atom. The standard InChI is InChI=1S/C13H19NO/c1-3-14-10(2)11-8-9-15-13-7-5-4-6-12(11)13/h4-7,10-11,14H,3,8-9H2,1-2H3. The fourth-order valence-corrected chi connectivity index (χ4v) is 2.35. The second-order valence-corrected chi connectivity index (χ2v) is 4.13. The van der Waals surface area contributed by atoms with E-state index in [1.807, 2.05) is 6.07 Å². The zero-order chi connectivity index (χ0) is 10.7. The summed E-state index contributed by atoms with van der Waals surface area (Å²) in [7, 11) is 0. The third-order valence-electron chi connectivity index (χ3n) is 3.13. The van der Waals surface area contributed by atoms with Gasteiger partial charge in [-0.15, -0.1) is 0 Å². The molecule has 0 aliphatic carbocycles. The number of benzene rings is 1. The Kier molecular flexibility index (Phi) is 3.27. The van der Waals surface area contributed by atoms with Crippen LogP contribution in [0.1, 0.15) is 31.7 Å². The van der Waals surface area contributed by atoms with Gasteiger partial charge in [0, 0.05) is 12.0 Å². The minimum absolute atomic E-state index is 0.528. The highest BCUT2D eigenvalue weighted by atomic mass is 16.5. The Labute approximate surface area is 91.6 Å². The van der Waals surface area contributed by atoms with E-state index in [4.69, 9.17) is 4.74 Å². The molecule has 15 heavy (non-hydrogen) atoms. The van der Waals surface area contributed by atoms with Gasteiger partial charge in [-0.2, -0.15) is 0 Å². The molecule has 2 rings (SSSR count). The highest BCUT2D eigenvalue weighted by Gasteiger charge is 2.25. The number of rotatable bonds is 3. The topological polar surface area (TPSA) is 21.3 Å². The third-order valence-corrected chi connectivity index (χ3v) is 3.13. The van der Waals surface area contributed by atoms with Crippen LogP contribution in [0.2, 0.25) is 0 Å². The number of ether oxygens (including phenoxy) is 1. The van der Waals surface area contributed by atoms with E-state index in [-0.39, 0.29) is 0 Å². The van der Waals surface area contributed by atoms with Gasteiger partial charge in [-0.1, -0.05) is 25.1 Å². The van der Waals surface area contributed by atoms with E-state index in [0.717, 1.165) is 25.3 Å². The molecular weight excluding hydrogens is 186 g/mol. The van der Waals surface area contributed by atoms with Gasteiger partial charge in [-0.3, -0.25) is 0 Å². The Hall–Kier alpha value is -1.02. The van der Waals surface area contributed by atoms with E-state index >= 15 is 0 Å². The predicted molar refractivity (Wildman–Crippen MR) is 62.4 cm³/mol. The summed E-state index contributed by atoms with van der Waals surface area (Å²) in [5.41, 5.74) is 1.36. The molecule has 1 aromatic rings. The Morgan fingerprint density at radius 3 is 3.07 bits per heavy atom. The van der Waals surface area contributed by atoms with Gasteiger partial charge in [-0.05, 0) is 31.5 Å². The number of fused-ring (bicyclic) bond motifs is 1. The van der Waals surface area contributed by atoms with Gasteiger partial charge in [0.1, 0.15) is 5.75 Å². The maximum atomic E-state index is 5.65. The second-order valence-electron chi connectivity index (χ2n) is 4.13. The molecule has 0 aromatic heterocycles. The van der Waals surface area contributed by atoms with Crippen molar-refractivity contribution in [2.24, 2.45) is 0 Å². The van der Waals surface area contributed by atoms with Gasteiger partial charge >= 0.3 is 0 Å². The van der Waals surface area contributed by atoms with Crippen LogP contribution >= 0.6 is 0 Å². The molecule has 1 N–H and O–H groups in total. The molecule has 1 aromatic carbocycles. The lowest BCUT2D eigenvalue weighted by molar-refractivity contribution is 0.250. The quantitative estimate of drug-likeness (QED) is 0.818. The first-order chi connectivity index (χ1) is 7.33. The SMILES string of the molecule is CCNC(C)C1CCOc2ccccc21. The number of nitrogens with one attached hydrogen (secondary N) is 1. The van der Waals surface area contributed by atoms with Gasteiger partial charge < -0.3 is 10.1 Å². The molecule has 0 spiro atoms. The van der Waals surface area contributed by atoms with Crippen LogP contribution in [0.4, 0.5) is 0 Å². The molecule has 0 radical (unpaired) electrons. The summed E-state index contributed by atoms with van der Waals surface area (Å²) < 4.78 is 5.65. The maximum absolute atomic E-state index is 5.65. The van der Waals surface area contributed by atoms with Crippen molar-refractivity contribution in [3.8, 4) is 5.75 Å². The zero-order valence-electron chi connectivity index (χ0n) is 9.49. The third kappa shape index (κ3) is 2.15. The van der Waals surface area contributed by atoms with Crippen LogP contribution in [-0.4, -0.2) is 19.2 Å². The van der Waals surface area contributed by atoms with Gasteiger partial charge in [0.15, 0.2) is 0 Å². The monoisotopic (exact) mass is 205 g/mol. The number of hydrogen-bond donors (Lipinski definition) is 1. The van der Waals surface area contributed by atoms with Crippen molar-refractivity contribution in [2.75, 3.05) is 13.2 Å². The Morgan fingerprint density at radius 1 is 1.47 bits per heavy atom. The molecule has 82 valence electrons. The van der Waals surface area contributed by atoms with Crippen molar-refractivity contribution < 1.29 is 4.74 Å². The van der Waals surface area contributed by atoms with E-state index < -0.39 is 0 Å². The molecule has 2 nitrogen and oxygen atoms in total. The summed E-state index contributed by atoms with van der Waals surface area (Å²) in [6, 6.07) is 8.92. The average molecular weight is 205 g/mol. The molecular formula is C13H19NO. The van der Waals surface area contributed by atoms with Crippen LogP contribution in [0.15, 0.2) is 24.3 Å². The molecule has 0 saturated carbocycles. The molecule has 1 aliphatic heterocycles. The summed E-state index contributed by atoms with van der Waals surface area (Å²) in [6.45, 7) is 6.29. The van der Waals surface area contributed by atoms with Crippen LogP contribution in [0.5, 0.6) is 5.75 Å². The van der Waals surface area contributed by atoms with Crippen molar-refractivity contribution in [1.29, 1.82) is 0 Å². The Balaban J connectivity index is 2.21. The molecule has 2 atom stereocenters. The first-order valence-electron chi connectivity index (χ1n) is 5.78. The highest BCUT2D eigenvalue weighted by molar-refractivity contribution is 5.38. The highest BCUT2D eigenvalue weighted by Crippen LogP contribution is 2.35. The van der Waals surface area contributed by atoms with Crippen LogP contribution in [0.3, 0.4) is 0 Å². The minimum Gasteiger partial charge on any atom is -0.493 e. The second kappa shape index (κ2) is 4.67. The van der Waals surface area contributed by atoms with Crippen molar-refractivity contribution in [3.05, 3.63) is 29.8 Å². The van der Waals surface area contributed by atoms with E-state index in [1.54, 1.807) is 0 Å². The van der Waals surface area contributed by atoms with Crippen molar-refractivity contribution >= 4 is 0 Å². The van der Waals surface area contributed by atoms with Gasteiger partial charge in [-0.25, -0.2) is 0 Å². The summed E-state index contributed by atoms with van der Waals surface area (Å²) in [4.78, 5) is 0. The van der Waals surface area contributed by atoms with E-state index in [0.29, 0.717) is 12.0 Å². The van der Waals surface area contributed by atoms with Gasteiger partial charge in [0.2, 0.25) is 0 Å². The largest absolute Gasteiger partial charge is 0.493 e. The van der Waals surface area contributed by atoms with Crippen molar-refractivity contribution in [3.63, 3.8) is 0 Å². The van der Waals surface area contributed by atoms with Crippen LogP contribution in [-0.2, 0) is 0 Å². The summed E-state index contributed by atoms with van der Waals surface area (Å²) in [5, 5.41) is 3.50. The lowest BCUT2D eigenvalue weighted by Gasteiger charge is -2.30. The zero-order valence-corrected chi connectivity index (χ0v) is 9.49. The lowest BCUT2D eigenvalue weighted by atomic mass is 9.87. The maximum Gasteiger partial charge on any atom is 0.122 e. The normalized spacial score (nSPS) is 21.6. The fraction of sp³-hybridized carbons (Fsp3) is 0.538. The van der Waals surface area contributed by atoms with E-state index in [1.165, 1.54) is 5.56 Å².